The predicted octanol–water partition coefficient (Wildman–Crippen LogP) is 2.75. The van der Waals surface area contributed by atoms with Crippen molar-refractivity contribution >= 4 is 16.5 Å². The molecule has 0 saturated heterocycles. The van der Waals surface area contributed by atoms with Gasteiger partial charge in [0.25, 0.3) is 0 Å². The minimum absolute atomic E-state index is 0.506. The van der Waals surface area contributed by atoms with Gasteiger partial charge in [-0.05, 0) is 37.0 Å². The lowest BCUT2D eigenvalue weighted by molar-refractivity contribution is 0.138. The molecule has 1 aromatic carbocycles. The first-order chi connectivity index (χ1) is 8.50. The van der Waals surface area contributed by atoms with Crippen molar-refractivity contribution < 1.29 is 8.95 Å². The Morgan fingerprint density at radius 3 is 2.72 bits per heavy atom. The second-order valence-electron chi connectivity index (χ2n) is 4.89. The molecular formula is C14H23NO2S. The Hall–Kier alpha value is -0.870. The highest BCUT2D eigenvalue weighted by Crippen LogP contribution is 2.18. The largest absolute Gasteiger partial charge is 0.398 e. The number of rotatable bonds is 7. The molecule has 3 nitrogen and oxygen atoms in total. The van der Waals surface area contributed by atoms with E-state index in [1.54, 1.807) is 0 Å². The van der Waals surface area contributed by atoms with Gasteiger partial charge in [0.2, 0.25) is 0 Å². The maximum Gasteiger partial charge on any atom is 0.0620 e. The van der Waals surface area contributed by atoms with Gasteiger partial charge < -0.3 is 10.5 Å². The molecular weight excluding hydrogens is 246 g/mol. The molecule has 0 aliphatic heterocycles. The van der Waals surface area contributed by atoms with Gasteiger partial charge in [0.05, 0.1) is 28.1 Å². The Balaban J connectivity index is 2.39. The van der Waals surface area contributed by atoms with E-state index in [1.165, 1.54) is 0 Å². The van der Waals surface area contributed by atoms with E-state index in [2.05, 4.69) is 13.8 Å². The van der Waals surface area contributed by atoms with Crippen molar-refractivity contribution in [3.63, 3.8) is 0 Å². The van der Waals surface area contributed by atoms with Crippen LogP contribution in [0.15, 0.2) is 23.1 Å². The Morgan fingerprint density at radius 2 is 2.06 bits per heavy atom. The van der Waals surface area contributed by atoms with Crippen LogP contribution in [0.4, 0.5) is 5.69 Å². The molecule has 2 N–H and O–H groups in total. The van der Waals surface area contributed by atoms with Gasteiger partial charge in [-0.25, -0.2) is 0 Å². The van der Waals surface area contributed by atoms with Crippen molar-refractivity contribution in [1.29, 1.82) is 0 Å². The SMILES string of the molecule is Cc1ccc(N)c(S(=O)CCOCCC(C)C)c1. The second kappa shape index (κ2) is 7.54. The first-order valence-electron chi connectivity index (χ1n) is 6.33. The molecule has 1 aromatic rings. The third-order valence-corrected chi connectivity index (χ3v) is 4.05. The standard InChI is InChI=1S/C14H23NO2S/c1-11(2)6-7-17-8-9-18(16)14-10-12(3)4-5-13(14)15/h4-5,10-11H,6-9,15H2,1-3H3. The summed E-state index contributed by atoms with van der Waals surface area (Å²) in [7, 11) is -1.07. The monoisotopic (exact) mass is 269 g/mol. The second-order valence-corrected chi connectivity index (χ2v) is 6.42. The number of hydrogen-bond acceptors (Lipinski definition) is 3. The fourth-order valence-electron chi connectivity index (χ4n) is 1.50. The number of hydrogen-bond donors (Lipinski definition) is 1. The molecule has 1 rings (SSSR count). The lowest BCUT2D eigenvalue weighted by Crippen LogP contribution is -2.09. The van der Waals surface area contributed by atoms with Crippen LogP contribution in [0, 0.1) is 12.8 Å². The van der Waals surface area contributed by atoms with Crippen LogP contribution in [0.1, 0.15) is 25.8 Å². The lowest BCUT2D eigenvalue weighted by atomic mass is 10.1. The summed E-state index contributed by atoms with van der Waals surface area (Å²) in [5, 5.41) is 0. The van der Waals surface area contributed by atoms with Crippen LogP contribution in [-0.4, -0.2) is 23.2 Å². The van der Waals surface area contributed by atoms with Gasteiger partial charge in [-0.15, -0.1) is 0 Å². The van der Waals surface area contributed by atoms with Crippen LogP contribution in [0.5, 0.6) is 0 Å². The molecule has 0 heterocycles. The van der Waals surface area contributed by atoms with E-state index in [9.17, 15) is 4.21 Å². The molecule has 0 aliphatic rings. The molecule has 0 bridgehead atoms. The van der Waals surface area contributed by atoms with Crippen LogP contribution in [0.2, 0.25) is 0 Å². The number of benzene rings is 1. The van der Waals surface area contributed by atoms with E-state index in [4.69, 9.17) is 10.5 Å². The Kier molecular flexibility index (Phi) is 6.36. The van der Waals surface area contributed by atoms with Gasteiger partial charge in [-0.1, -0.05) is 19.9 Å². The quantitative estimate of drug-likeness (QED) is 0.611. The molecule has 0 amide bonds. The minimum atomic E-state index is -1.07. The molecule has 18 heavy (non-hydrogen) atoms. The molecule has 1 unspecified atom stereocenters. The van der Waals surface area contributed by atoms with Crippen LogP contribution in [0.25, 0.3) is 0 Å². The van der Waals surface area contributed by atoms with E-state index in [1.807, 2.05) is 25.1 Å². The highest BCUT2D eigenvalue weighted by Gasteiger charge is 2.08. The average molecular weight is 269 g/mol. The maximum absolute atomic E-state index is 12.1. The fraction of sp³-hybridized carbons (Fsp3) is 0.571. The van der Waals surface area contributed by atoms with Gasteiger partial charge in [-0.3, -0.25) is 4.21 Å². The van der Waals surface area contributed by atoms with Gasteiger partial charge >= 0.3 is 0 Å². The summed E-state index contributed by atoms with van der Waals surface area (Å²) in [5.74, 6) is 1.15. The fourth-order valence-corrected chi connectivity index (χ4v) is 2.64. The Labute approximate surface area is 112 Å². The average Bonchev–Trinajstić information content (AvgIpc) is 2.31. The topological polar surface area (TPSA) is 52.3 Å². The highest BCUT2D eigenvalue weighted by atomic mass is 32.2. The van der Waals surface area contributed by atoms with E-state index in [-0.39, 0.29) is 0 Å². The Bertz CT molecular complexity index is 405. The molecule has 0 spiro atoms. The highest BCUT2D eigenvalue weighted by molar-refractivity contribution is 7.85. The first-order valence-corrected chi connectivity index (χ1v) is 7.65. The van der Waals surface area contributed by atoms with E-state index in [0.29, 0.717) is 24.0 Å². The summed E-state index contributed by atoms with van der Waals surface area (Å²) < 4.78 is 17.5. The van der Waals surface area contributed by atoms with Crippen molar-refractivity contribution in [3.8, 4) is 0 Å². The predicted molar refractivity (Wildman–Crippen MR) is 77.1 cm³/mol. The lowest BCUT2D eigenvalue weighted by Gasteiger charge is -2.08. The van der Waals surface area contributed by atoms with Crippen molar-refractivity contribution in [2.24, 2.45) is 5.92 Å². The van der Waals surface area contributed by atoms with Crippen LogP contribution in [-0.2, 0) is 15.5 Å². The van der Waals surface area contributed by atoms with Crippen LogP contribution >= 0.6 is 0 Å². The number of nitrogens with two attached hydrogens (primary N) is 1. The van der Waals surface area contributed by atoms with Crippen molar-refractivity contribution in [3.05, 3.63) is 23.8 Å². The van der Waals surface area contributed by atoms with Gasteiger partial charge in [-0.2, -0.15) is 0 Å². The number of ether oxygens (including phenoxy) is 1. The molecule has 4 heteroatoms. The Morgan fingerprint density at radius 1 is 1.33 bits per heavy atom. The molecule has 0 saturated carbocycles. The van der Waals surface area contributed by atoms with E-state index in [0.717, 1.165) is 23.5 Å². The van der Waals surface area contributed by atoms with Gasteiger partial charge in [0, 0.05) is 12.3 Å². The summed E-state index contributed by atoms with van der Waals surface area (Å²) in [6.07, 6.45) is 1.04. The van der Waals surface area contributed by atoms with Crippen molar-refractivity contribution in [2.45, 2.75) is 32.1 Å². The summed E-state index contributed by atoms with van der Waals surface area (Å²) in [5.41, 5.74) is 7.50. The molecule has 0 aliphatic carbocycles. The zero-order chi connectivity index (χ0) is 13.5. The smallest absolute Gasteiger partial charge is 0.0620 e. The third kappa shape index (κ3) is 5.19. The summed E-state index contributed by atoms with van der Waals surface area (Å²) >= 11 is 0. The van der Waals surface area contributed by atoms with Gasteiger partial charge in [0.15, 0.2) is 0 Å². The molecule has 102 valence electrons. The number of aryl methyl sites for hydroxylation is 1. The number of anilines is 1. The summed E-state index contributed by atoms with van der Waals surface area (Å²) in [6, 6.07) is 5.62. The summed E-state index contributed by atoms with van der Waals surface area (Å²) in [6.45, 7) is 7.55. The maximum atomic E-state index is 12.1. The number of nitrogen functional groups attached to an aromatic ring is 1. The molecule has 0 radical (unpaired) electrons. The van der Waals surface area contributed by atoms with Crippen molar-refractivity contribution in [2.75, 3.05) is 24.7 Å². The van der Waals surface area contributed by atoms with E-state index < -0.39 is 10.8 Å². The van der Waals surface area contributed by atoms with Crippen molar-refractivity contribution in [1.82, 2.24) is 0 Å². The first kappa shape index (κ1) is 15.2. The third-order valence-electron chi connectivity index (χ3n) is 2.67. The zero-order valence-corrected chi connectivity index (χ0v) is 12.3. The summed E-state index contributed by atoms with van der Waals surface area (Å²) in [4.78, 5) is 0.724. The van der Waals surface area contributed by atoms with Gasteiger partial charge in [0.1, 0.15) is 0 Å². The molecule has 0 fully saturated rings. The van der Waals surface area contributed by atoms with Crippen LogP contribution < -0.4 is 5.73 Å². The zero-order valence-electron chi connectivity index (χ0n) is 11.4. The van der Waals surface area contributed by atoms with E-state index >= 15 is 0 Å². The minimum Gasteiger partial charge on any atom is -0.398 e. The molecule has 0 aromatic heterocycles. The normalized spacial score (nSPS) is 12.9. The van der Waals surface area contributed by atoms with Crippen LogP contribution in [0.3, 0.4) is 0 Å². The molecule has 1 atom stereocenters.